The van der Waals surface area contributed by atoms with Gasteiger partial charge in [-0.2, -0.15) is 0 Å². The van der Waals surface area contributed by atoms with Gasteiger partial charge in [0.25, 0.3) is 0 Å². The van der Waals surface area contributed by atoms with Crippen LogP contribution in [0.2, 0.25) is 0 Å². The number of rotatable bonds is 1. The fourth-order valence-electron chi connectivity index (χ4n) is 3.65. The highest BCUT2D eigenvalue weighted by Crippen LogP contribution is 2.67. The van der Waals surface area contributed by atoms with Gasteiger partial charge in [-0.25, -0.2) is 0 Å². The first-order valence-corrected chi connectivity index (χ1v) is 5.61. The highest BCUT2D eigenvalue weighted by molar-refractivity contribution is 5.07. The summed E-state index contributed by atoms with van der Waals surface area (Å²) in [5.74, 6) is 0.893. The van der Waals surface area contributed by atoms with Crippen LogP contribution in [0.15, 0.2) is 0 Å². The minimum absolute atomic E-state index is 0.698. The van der Waals surface area contributed by atoms with E-state index >= 15 is 0 Å². The van der Waals surface area contributed by atoms with Crippen molar-refractivity contribution >= 4 is 0 Å². The molecule has 0 heterocycles. The molecule has 0 amide bonds. The predicted octanol–water partition coefficient (Wildman–Crippen LogP) is 4.00. The van der Waals surface area contributed by atoms with E-state index in [1.165, 1.54) is 38.5 Å². The fourth-order valence-corrected chi connectivity index (χ4v) is 3.65. The van der Waals surface area contributed by atoms with Crippen LogP contribution in [-0.2, 0) is 0 Å². The van der Waals surface area contributed by atoms with Gasteiger partial charge in [0, 0.05) is 0 Å². The molecule has 70 valence electrons. The summed E-state index contributed by atoms with van der Waals surface area (Å²) in [6.45, 7) is 7.37. The Labute approximate surface area is 76.7 Å². The number of hydrogen-bond donors (Lipinski definition) is 0. The van der Waals surface area contributed by atoms with Crippen LogP contribution in [0.5, 0.6) is 0 Å². The molecule has 12 heavy (non-hydrogen) atoms. The molecule has 0 N–H and O–H groups in total. The van der Waals surface area contributed by atoms with Crippen LogP contribution in [0.1, 0.15) is 59.3 Å². The zero-order valence-corrected chi connectivity index (χ0v) is 8.82. The van der Waals surface area contributed by atoms with E-state index in [9.17, 15) is 0 Å². The Bertz CT molecular complexity index is 170. The summed E-state index contributed by atoms with van der Waals surface area (Å²) in [5, 5.41) is 0. The Morgan fingerprint density at radius 3 is 1.83 bits per heavy atom. The summed E-state index contributed by atoms with van der Waals surface area (Å²) < 4.78 is 0. The Hall–Kier alpha value is 0. The smallest absolute Gasteiger partial charge is 0.0241 e. The van der Waals surface area contributed by atoms with Gasteiger partial charge < -0.3 is 0 Å². The third-order valence-corrected chi connectivity index (χ3v) is 5.17. The molecule has 2 saturated carbocycles. The average molecular weight is 166 g/mol. The van der Waals surface area contributed by atoms with E-state index in [4.69, 9.17) is 0 Å². The van der Waals surface area contributed by atoms with Gasteiger partial charge in [0.2, 0.25) is 0 Å². The van der Waals surface area contributed by atoms with E-state index in [0.29, 0.717) is 5.41 Å². The van der Waals surface area contributed by atoms with Crippen molar-refractivity contribution in [2.24, 2.45) is 16.7 Å². The second kappa shape index (κ2) is 2.49. The standard InChI is InChI=1S/C12H22/c1-10(2)11(3)8-9-12(11)6-4-5-7-12/h10H,4-9H2,1-3H3. The van der Waals surface area contributed by atoms with Gasteiger partial charge in [-0.3, -0.25) is 0 Å². The average Bonchev–Trinajstić information content (AvgIpc) is 2.50. The summed E-state index contributed by atoms with van der Waals surface area (Å²) >= 11 is 0. The lowest BCUT2D eigenvalue weighted by molar-refractivity contribution is -0.0969. The van der Waals surface area contributed by atoms with E-state index in [-0.39, 0.29) is 0 Å². The van der Waals surface area contributed by atoms with Crippen molar-refractivity contribution in [2.45, 2.75) is 59.3 Å². The monoisotopic (exact) mass is 166 g/mol. The molecular formula is C12H22. The Morgan fingerprint density at radius 1 is 0.917 bits per heavy atom. The van der Waals surface area contributed by atoms with E-state index in [2.05, 4.69) is 20.8 Å². The first kappa shape index (κ1) is 8.59. The van der Waals surface area contributed by atoms with Crippen LogP contribution in [0, 0.1) is 16.7 Å². The van der Waals surface area contributed by atoms with Crippen molar-refractivity contribution in [1.29, 1.82) is 0 Å². The molecule has 1 spiro atoms. The highest BCUT2D eigenvalue weighted by Gasteiger charge is 2.57. The van der Waals surface area contributed by atoms with Gasteiger partial charge in [0.1, 0.15) is 0 Å². The van der Waals surface area contributed by atoms with Crippen molar-refractivity contribution in [1.82, 2.24) is 0 Å². The van der Waals surface area contributed by atoms with Crippen molar-refractivity contribution in [3.05, 3.63) is 0 Å². The van der Waals surface area contributed by atoms with Crippen LogP contribution in [0.25, 0.3) is 0 Å². The Kier molecular flexibility index (Phi) is 1.79. The van der Waals surface area contributed by atoms with Gasteiger partial charge in [-0.1, -0.05) is 33.6 Å². The van der Waals surface area contributed by atoms with Gasteiger partial charge in [0.15, 0.2) is 0 Å². The third-order valence-electron chi connectivity index (χ3n) is 5.17. The first-order valence-electron chi connectivity index (χ1n) is 5.61. The molecule has 0 heteroatoms. The SMILES string of the molecule is CC(C)C1(C)CCC12CCCC2. The minimum atomic E-state index is 0.698. The molecule has 0 nitrogen and oxygen atoms in total. The Balaban J connectivity index is 2.17. The molecule has 0 bridgehead atoms. The summed E-state index contributed by atoms with van der Waals surface area (Å²) in [6.07, 6.45) is 9.08. The minimum Gasteiger partial charge on any atom is -0.0622 e. The predicted molar refractivity (Wildman–Crippen MR) is 53.1 cm³/mol. The molecule has 2 aliphatic carbocycles. The molecule has 1 unspecified atom stereocenters. The molecule has 0 aromatic heterocycles. The second-order valence-electron chi connectivity index (χ2n) is 5.56. The third kappa shape index (κ3) is 0.843. The highest BCUT2D eigenvalue weighted by atomic mass is 14.6. The van der Waals surface area contributed by atoms with E-state index in [1.54, 1.807) is 0 Å². The molecule has 0 aromatic carbocycles. The lowest BCUT2D eigenvalue weighted by Gasteiger charge is -2.59. The van der Waals surface area contributed by atoms with E-state index < -0.39 is 0 Å². The largest absolute Gasteiger partial charge is 0.0622 e. The lowest BCUT2D eigenvalue weighted by atomic mass is 9.45. The van der Waals surface area contributed by atoms with Crippen LogP contribution in [-0.4, -0.2) is 0 Å². The molecule has 0 aliphatic heterocycles. The molecule has 0 aromatic rings. The first-order chi connectivity index (χ1) is 5.61. The molecule has 0 saturated heterocycles. The molecule has 1 atom stereocenters. The maximum absolute atomic E-state index is 2.53. The van der Waals surface area contributed by atoms with Crippen LogP contribution >= 0.6 is 0 Å². The van der Waals surface area contributed by atoms with Gasteiger partial charge in [-0.15, -0.1) is 0 Å². The summed E-state index contributed by atoms with van der Waals surface area (Å²) in [7, 11) is 0. The van der Waals surface area contributed by atoms with E-state index in [1.807, 2.05) is 0 Å². The second-order valence-corrected chi connectivity index (χ2v) is 5.56. The molecule has 2 rings (SSSR count). The molecule has 2 aliphatic rings. The maximum Gasteiger partial charge on any atom is -0.0241 e. The number of hydrogen-bond acceptors (Lipinski definition) is 0. The zero-order chi connectivity index (χ0) is 8.82. The molecule has 2 fully saturated rings. The van der Waals surface area contributed by atoms with Gasteiger partial charge >= 0.3 is 0 Å². The Morgan fingerprint density at radius 2 is 1.50 bits per heavy atom. The van der Waals surface area contributed by atoms with Crippen molar-refractivity contribution in [3.63, 3.8) is 0 Å². The maximum atomic E-state index is 2.53. The lowest BCUT2D eigenvalue weighted by Crippen LogP contribution is -2.50. The quantitative estimate of drug-likeness (QED) is 0.552. The fraction of sp³-hybridized carbons (Fsp3) is 1.00. The van der Waals surface area contributed by atoms with Crippen LogP contribution < -0.4 is 0 Å². The van der Waals surface area contributed by atoms with Crippen LogP contribution in [0.4, 0.5) is 0 Å². The zero-order valence-electron chi connectivity index (χ0n) is 8.82. The summed E-state index contributed by atoms with van der Waals surface area (Å²) in [4.78, 5) is 0. The summed E-state index contributed by atoms with van der Waals surface area (Å²) in [6, 6.07) is 0. The van der Waals surface area contributed by atoms with Crippen molar-refractivity contribution in [3.8, 4) is 0 Å². The topological polar surface area (TPSA) is 0 Å². The molecular weight excluding hydrogens is 144 g/mol. The van der Waals surface area contributed by atoms with Gasteiger partial charge in [-0.05, 0) is 42.4 Å². The van der Waals surface area contributed by atoms with E-state index in [0.717, 1.165) is 11.3 Å². The normalized spacial score (nSPS) is 39.0. The van der Waals surface area contributed by atoms with Gasteiger partial charge in [0.05, 0.1) is 0 Å². The summed E-state index contributed by atoms with van der Waals surface area (Å²) in [5.41, 5.74) is 1.49. The molecule has 0 radical (unpaired) electrons. The van der Waals surface area contributed by atoms with Crippen LogP contribution in [0.3, 0.4) is 0 Å². The van der Waals surface area contributed by atoms with Crippen molar-refractivity contribution in [2.75, 3.05) is 0 Å². The van der Waals surface area contributed by atoms with Crippen molar-refractivity contribution < 1.29 is 0 Å².